The SMILES string of the molecule is CCCCCC[C@@H](/C=C/[Si](C)(C)C)[C@H](O)C(C)C. The van der Waals surface area contributed by atoms with E-state index >= 15 is 0 Å². The fraction of sp³-hybridized carbons (Fsp3) is 0.875. The summed E-state index contributed by atoms with van der Waals surface area (Å²) in [5.74, 6) is 0.709. The monoisotopic (exact) mass is 270 g/mol. The van der Waals surface area contributed by atoms with Crippen molar-refractivity contribution in [3.63, 3.8) is 0 Å². The van der Waals surface area contributed by atoms with Crippen molar-refractivity contribution in [3.8, 4) is 0 Å². The van der Waals surface area contributed by atoms with Crippen molar-refractivity contribution in [1.29, 1.82) is 0 Å². The van der Waals surface area contributed by atoms with Crippen LogP contribution in [0.5, 0.6) is 0 Å². The molecule has 2 heteroatoms. The van der Waals surface area contributed by atoms with Crippen LogP contribution >= 0.6 is 0 Å². The molecule has 0 saturated carbocycles. The van der Waals surface area contributed by atoms with E-state index in [9.17, 15) is 5.11 Å². The van der Waals surface area contributed by atoms with Crippen molar-refractivity contribution in [2.45, 2.75) is 78.6 Å². The maximum Gasteiger partial charge on any atom is 0.0683 e. The van der Waals surface area contributed by atoms with Gasteiger partial charge < -0.3 is 5.11 Å². The highest BCUT2D eigenvalue weighted by molar-refractivity contribution is 6.80. The van der Waals surface area contributed by atoms with Crippen LogP contribution in [-0.2, 0) is 0 Å². The Morgan fingerprint density at radius 2 is 1.67 bits per heavy atom. The van der Waals surface area contributed by atoms with Crippen LogP contribution < -0.4 is 0 Å². The van der Waals surface area contributed by atoms with Crippen LogP contribution in [0.15, 0.2) is 11.8 Å². The predicted molar refractivity (Wildman–Crippen MR) is 85.6 cm³/mol. The van der Waals surface area contributed by atoms with Gasteiger partial charge in [-0.05, 0) is 12.3 Å². The van der Waals surface area contributed by atoms with Gasteiger partial charge in [0.1, 0.15) is 0 Å². The molecule has 1 N–H and O–H groups in total. The van der Waals surface area contributed by atoms with Gasteiger partial charge in [-0.2, -0.15) is 0 Å². The summed E-state index contributed by atoms with van der Waals surface area (Å²) in [7, 11) is -1.15. The quantitative estimate of drug-likeness (QED) is 0.460. The molecule has 0 unspecified atom stereocenters. The highest BCUT2D eigenvalue weighted by Gasteiger charge is 2.20. The number of hydrogen-bond acceptors (Lipinski definition) is 1. The molecule has 1 nitrogen and oxygen atoms in total. The smallest absolute Gasteiger partial charge is 0.0683 e. The highest BCUT2D eigenvalue weighted by Crippen LogP contribution is 2.22. The van der Waals surface area contributed by atoms with Crippen molar-refractivity contribution in [1.82, 2.24) is 0 Å². The maximum absolute atomic E-state index is 10.3. The van der Waals surface area contributed by atoms with Crippen molar-refractivity contribution >= 4 is 8.07 Å². The molecule has 0 fully saturated rings. The van der Waals surface area contributed by atoms with Gasteiger partial charge in [0.05, 0.1) is 14.2 Å². The number of hydrogen-bond donors (Lipinski definition) is 1. The first kappa shape index (κ1) is 17.9. The molecule has 2 atom stereocenters. The average Bonchev–Trinajstić information content (AvgIpc) is 2.25. The zero-order valence-electron chi connectivity index (χ0n) is 13.4. The van der Waals surface area contributed by atoms with Gasteiger partial charge in [-0.25, -0.2) is 0 Å². The summed E-state index contributed by atoms with van der Waals surface area (Å²) in [6.45, 7) is 13.5. The summed E-state index contributed by atoms with van der Waals surface area (Å²) < 4.78 is 0. The first-order valence-corrected chi connectivity index (χ1v) is 11.2. The van der Waals surface area contributed by atoms with Crippen LogP contribution in [0.2, 0.25) is 19.6 Å². The summed E-state index contributed by atoms with van der Waals surface area (Å²) in [5, 5.41) is 10.3. The lowest BCUT2D eigenvalue weighted by Crippen LogP contribution is -2.26. The topological polar surface area (TPSA) is 20.2 Å². The van der Waals surface area contributed by atoms with Gasteiger partial charge in [0, 0.05) is 5.92 Å². The zero-order valence-corrected chi connectivity index (χ0v) is 14.4. The molecule has 0 bridgehead atoms. The number of unbranched alkanes of at least 4 members (excludes halogenated alkanes) is 3. The van der Waals surface area contributed by atoms with E-state index in [2.05, 4.69) is 52.2 Å². The van der Waals surface area contributed by atoms with Crippen LogP contribution in [-0.4, -0.2) is 19.3 Å². The van der Waals surface area contributed by atoms with E-state index in [4.69, 9.17) is 0 Å². The summed E-state index contributed by atoms with van der Waals surface area (Å²) in [5.41, 5.74) is 2.39. The van der Waals surface area contributed by atoms with Crippen molar-refractivity contribution in [2.75, 3.05) is 0 Å². The van der Waals surface area contributed by atoms with Gasteiger partial charge in [0.25, 0.3) is 0 Å². The second-order valence-corrected chi connectivity index (χ2v) is 12.0. The molecular formula is C16H34OSi. The molecule has 0 aromatic rings. The molecule has 0 aliphatic heterocycles. The summed E-state index contributed by atoms with van der Waals surface area (Å²) in [4.78, 5) is 0. The third-order valence-electron chi connectivity index (χ3n) is 3.36. The molecule has 0 aliphatic carbocycles. The van der Waals surface area contributed by atoms with Crippen LogP contribution in [0.1, 0.15) is 52.9 Å². The molecule has 0 heterocycles. The molecule has 0 amide bonds. The molecular weight excluding hydrogens is 236 g/mol. The van der Waals surface area contributed by atoms with Gasteiger partial charge in [-0.15, -0.1) is 0 Å². The molecule has 0 rings (SSSR count). The number of aliphatic hydroxyl groups excluding tert-OH is 1. The predicted octanol–water partition coefficient (Wildman–Crippen LogP) is 5.02. The van der Waals surface area contributed by atoms with Gasteiger partial charge in [0.2, 0.25) is 0 Å². The Hall–Kier alpha value is -0.0831. The third kappa shape index (κ3) is 8.93. The van der Waals surface area contributed by atoms with E-state index in [-0.39, 0.29) is 6.10 Å². The Bertz CT molecular complexity index is 228. The Kier molecular flexibility index (Phi) is 8.88. The average molecular weight is 271 g/mol. The first-order valence-electron chi connectivity index (χ1n) is 7.65. The standard InChI is InChI=1S/C16H34OSi/c1-7-8-9-10-11-15(16(17)14(2)3)12-13-18(4,5)6/h12-17H,7-11H2,1-6H3/b13-12+/t15-,16+/m0/s1. The lowest BCUT2D eigenvalue weighted by atomic mass is 9.89. The molecule has 0 spiro atoms. The Morgan fingerprint density at radius 1 is 1.06 bits per heavy atom. The van der Waals surface area contributed by atoms with Crippen molar-refractivity contribution in [3.05, 3.63) is 11.8 Å². The molecule has 0 aromatic heterocycles. The minimum absolute atomic E-state index is 0.181. The molecule has 0 radical (unpaired) electrons. The van der Waals surface area contributed by atoms with Crippen LogP contribution in [0.3, 0.4) is 0 Å². The van der Waals surface area contributed by atoms with Crippen molar-refractivity contribution < 1.29 is 5.11 Å². The Labute approximate surface area is 116 Å². The molecule has 18 heavy (non-hydrogen) atoms. The first-order chi connectivity index (χ1) is 8.28. The van der Waals surface area contributed by atoms with E-state index in [1.807, 2.05) is 0 Å². The summed E-state index contributed by atoms with van der Waals surface area (Å²) in [6, 6.07) is 0. The molecule has 0 aliphatic rings. The van der Waals surface area contributed by atoms with E-state index in [1.165, 1.54) is 25.7 Å². The van der Waals surface area contributed by atoms with Gasteiger partial charge in [0.15, 0.2) is 0 Å². The van der Waals surface area contributed by atoms with E-state index < -0.39 is 8.07 Å². The fourth-order valence-corrected chi connectivity index (χ4v) is 2.92. The highest BCUT2D eigenvalue weighted by atomic mass is 28.3. The lowest BCUT2D eigenvalue weighted by Gasteiger charge is -2.24. The maximum atomic E-state index is 10.3. The summed E-state index contributed by atoms with van der Waals surface area (Å²) in [6.07, 6.45) is 8.42. The summed E-state index contributed by atoms with van der Waals surface area (Å²) >= 11 is 0. The molecule has 0 saturated heterocycles. The molecule has 0 aromatic carbocycles. The van der Waals surface area contributed by atoms with Gasteiger partial charge in [-0.3, -0.25) is 0 Å². The number of rotatable bonds is 9. The zero-order chi connectivity index (χ0) is 14.2. The van der Waals surface area contributed by atoms with Crippen LogP contribution in [0, 0.1) is 11.8 Å². The van der Waals surface area contributed by atoms with Gasteiger partial charge >= 0.3 is 0 Å². The number of aliphatic hydroxyl groups is 1. The lowest BCUT2D eigenvalue weighted by molar-refractivity contribution is 0.0794. The Balaban J connectivity index is 4.39. The molecule has 108 valence electrons. The minimum Gasteiger partial charge on any atom is -0.392 e. The van der Waals surface area contributed by atoms with E-state index in [0.29, 0.717) is 11.8 Å². The second-order valence-electron chi connectivity index (χ2n) is 6.97. The Morgan fingerprint density at radius 3 is 2.11 bits per heavy atom. The van der Waals surface area contributed by atoms with Crippen LogP contribution in [0.25, 0.3) is 0 Å². The van der Waals surface area contributed by atoms with Crippen molar-refractivity contribution in [2.24, 2.45) is 11.8 Å². The largest absolute Gasteiger partial charge is 0.392 e. The minimum atomic E-state index is -1.15. The second kappa shape index (κ2) is 8.92. The van der Waals surface area contributed by atoms with E-state index in [1.54, 1.807) is 0 Å². The fourth-order valence-electron chi connectivity index (χ4n) is 2.09. The van der Waals surface area contributed by atoms with E-state index in [0.717, 1.165) is 6.42 Å². The van der Waals surface area contributed by atoms with Gasteiger partial charge in [-0.1, -0.05) is 77.9 Å². The normalized spacial score (nSPS) is 16.4. The van der Waals surface area contributed by atoms with Crippen LogP contribution in [0.4, 0.5) is 0 Å². The third-order valence-corrected chi connectivity index (χ3v) is 4.55.